The summed E-state index contributed by atoms with van der Waals surface area (Å²) in [5.74, 6) is 0.211. The molecule has 0 aliphatic rings. The minimum atomic E-state index is -3.14. The highest BCUT2D eigenvalue weighted by molar-refractivity contribution is 7.89. The fourth-order valence-electron chi connectivity index (χ4n) is 1.53. The van der Waals surface area contributed by atoms with E-state index >= 15 is 0 Å². The molecular weight excluding hydrogens is 236 g/mol. The number of benzene rings is 1. The molecule has 0 heterocycles. The molecule has 17 heavy (non-hydrogen) atoms. The van der Waals surface area contributed by atoms with Crippen LogP contribution in [0.3, 0.4) is 0 Å². The molecule has 0 unspecified atom stereocenters. The summed E-state index contributed by atoms with van der Waals surface area (Å²) >= 11 is 0. The molecule has 0 bridgehead atoms. The molecule has 0 aliphatic heterocycles. The van der Waals surface area contributed by atoms with Crippen molar-refractivity contribution in [3.63, 3.8) is 0 Å². The van der Waals surface area contributed by atoms with Gasteiger partial charge < -0.3 is 5.73 Å². The monoisotopic (exact) mass is 256 g/mol. The fraction of sp³-hybridized carbons (Fsp3) is 0.500. The van der Waals surface area contributed by atoms with Gasteiger partial charge in [-0.15, -0.1) is 0 Å². The lowest BCUT2D eigenvalue weighted by Crippen LogP contribution is -2.28. The molecular formula is C12H20N2O2S. The van der Waals surface area contributed by atoms with Gasteiger partial charge in [0.2, 0.25) is 10.0 Å². The van der Waals surface area contributed by atoms with Crippen molar-refractivity contribution in [3.8, 4) is 0 Å². The number of unbranched alkanes of at least 4 members (excludes halogenated alkanes) is 1. The maximum absolute atomic E-state index is 11.9. The van der Waals surface area contributed by atoms with E-state index in [4.69, 9.17) is 5.73 Å². The zero-order valence-electron chi connectivity index (χ0n) is 10.4. The standard InChI is InChI=1S/C12H20N2O2S/c1-3-4-8-17(15,16)14(2)10-11-6-5-7-12(13)9-11/h5-7,9H,3-4,8,10,13H2,1-2H3. The van der Waals surface area contributed by atoms with Crippen LogP contribution in [0.4, 0.5) is 5.69 Å². The van der Waals surface area contributed by atoms with Crippen molar-refractivity contribution in [2.45, 2.75) is 26.3 Å². The van der Waals surface area contributed by atoms with Gasteiger partial charge >= 0.3 is 0 Å². The number of hydrogen-bond acceptors (Lipinski definition) is 3. The van der Waals surface area contributed by atoms with Crippen LogP contribution in [0.5, 0.6) is 0 Å². The van der Waals surface area contributed by atoms with Crippen molar-refractivity contribution in [1.29, 1.82) is 0 Å². The normalized spacial score (nSPS) is 11.9. The number of anilines is 1. The van der Waals surface area contributed by atoms with Crippen LogP contribution in [-0.2, 0) is 16.6 Å². The topological polar surface area (TPSA) is 63.4 Å². The van der Waals surface area contributed by atoms with Crippen LogP contribution in [0, 0.1) is 0 Å². The smallest absolute Gasteiger partial charge is 0.214 e. The van der Waals surface area contributed by atoms with Gasteiger partial charge in [0.25, 0.3) is 0 Å². The summed E-state index contributed by atoms with van der Waals surface area (Å²) in [6.07, 6.45) is 1.58. The van der Waals surface area contributed by atoms with Crippen molar-refractivity contribution in [1.82, 2.24) is 4.31 Å². The summed E-state index contributed by atoms with van der Waals surface area (Å²) in [5.41, 5.74) is 7.22. The van der Waals surface area contributed by atoms with E-state index in [1.807, 2.05) is 19.1 Å². The maximum atomic E-state index is 11.9. The van der Waals surface area contributed by atoms with Gasteiger partial charge in [0, 0.05) is 19.3 Å². The van der Waals surface area contributed by atoms with E-state index in [0.29, 0.717) is 18.7 Å². The Kier molecular flexibility index (Phi) is 4.96. The Bertz CT molecular complexity index is 457. The second-order valence-electron chi connectivity index (χ2n) is 4.17. The van der Waals surface area contributed by atoms with E-state index in [1.54, 1.807) is 19.2 Å². The van der Waals surface area contributed by atoms with Crippen molar-refractivity contribution in [3.05, 3.63) is 29.8 Å². The molecule has 0 aliphatic carbocycles. The molecule has 1 aromatic carbocycles. The third-order valence-electron chi connectivity index (χ3n) is 2.59. The Morgan fingerprint density at radius 2 is 2.06 bits per heavy atom. The first-order valence-electron chi connectivity index (χ1n) is 5.74. The van der Waals surface area contributed by atoms with Gasteiger partial charge in [-0.3, -0.25) is 0 Å². The predicted molar refractivity (Wildman–Crippen MR) is 71.0 cm³/mol. The number of nitrogens with two attached hydrogens (primary N) is 1. The first-order valence-corrected chi connectivity index (χ1v) is 7.35. The van der Waals surface area contributed by atoms with Crippen molar-refractivity contribution in [2.75, 3.05) is 18.5 Å². The highest BCUT2D eigenvalue weighted by Crippen LogP contribution is 2.12. The second kappa shape index (κ2) is 6.02. The molecule has 0 spiro atoms. The van der Waals surface area contributed by atoms with Crippen LogP contribution in [0.25, 0.3) is 0 Å². The Morgan fingerprint density at radius 1 is 1.35 bits per heavy atom. The first-order chi connectivity index (χ1) is 7.95. The Labute approximate surface area is 103 Å². The molecule has 0 saturated heterocycles. The van der Waals surface area contributed by atoms with Gasteiger partial charge in [-0.05, 0) is 24.1 Å². The molecule has 0 amide bonds. The Hall–Kier alpha value is -1.07. The van der Waals surface area contributed by atoms with Crippen LogP contribution in [0.15, 0.2) is 24.3 Å². The Morgan fingerprint density at radius 3 is 2.65 bits per heavy atom. The molecule has 0 saturated carbocycles. The molecule has 5 heteroatoms. The molecule has 1 aromatic rings. The fourth-order valence-corrected chi connectivity index (χ4v) is 2.84. The van der Waals surface area contributed by atoms with E-state index in [0.717, 1.165) is 12.0 Å². The summed E-state index contributed by atoms with van der Waals surface area (Å²) in [7, 11) is -1.54. The van der Waals surface area contributed by atoms with Crippen molar-refractivity contribution >= 4 is 15.7 Å². The second-order valence-corrected chi connectivity index (χ2v) is 6.37. The molecule has 1 rings (SSSR count). The molecule has 0 aromatic heterocycles. The maximum Gasteiger partial charge on any atom is 0.214 e. The third-order valence-corrected chi connectivity index (χ3v) is 4.47. The van der Waals surface area contributed by atoms with Gasteiger partial charge in [0.15, 0.2) is 0 Å². The highest BCUT2D eigenvalue weighted by Gasteiger charge is 2.17. The van der Waals surface area contributed by atoms with E-state index in [2.05, 4.69) is 0 Å². The highest BCUT2D eigenvalue weighted by atomic mass is 32.2. The molecule has 0 atom stereocenters. The van der Waals surface area contributed by atoms with Crippen LogP contribution >= 0.6 is 0 Å². The minimum absolute atomic E-state index is 0.211. The number of rotatable bonds is 6. The van der Waals surface area contributed by atoms with Gasteiger partial charge in [-0.1, -0.05) is 25.5 Å². The molecule has 0 radical (unpaired) electrons. The SMILES string of the molecule is CCCCS(=O)(=O)N(C)Cc1cccc(N)c1. The summed E-state index contributed by atoms with van der Waals surface area (Å²) in [5, 5.41) is 0. The van der Waals surface area contributed by atoms with Gasteiger partial charge in [0.05, 0.1) is 5.75 Å². The van der Waals surface area contributed by atoms with Gasteiger partial charge in [0.1, 0.15) is 0 Å². The lowest BCUT2D eigenvalue weighted by Gasteiger charge is -2.17. The van der Waals surface area contributed by atoms with Crippen LogP contribution in [0.2, 0.25) is 0 Å². The number of sulfonamides is 1. The Balaban J connectivity index is 2.68. The summed E-state index contributed by atoms with van der Waals surface area (Å²) in [4.78, 5) is 0. The summed E-state index contributed by atoms with van der Waals surface area (Å²) in [6.45, 7) is 2.35. The average molecular weight is 256 g/mol. The molecule has 4 nitrogen and oxygen atoms in total. The molecule has 0 fully saturated rings. The van der Waals surface area contributed by atoms with Gasteiger partial charge in [-0.25, -0.2) is 12.7 Å². The largest absolute Gasteiger partial charge is 0.399 e. The van der Waals surface area contributed by atoms with Crippen molar-refractivity contribution in [2.24, 2.45) is 0 Å². The number of nitrogens with zero attached hydrogens (tertiary/aromatic N) is 1. The predicted octanol–water partition coefficient (Wildman–Crippen LogP) is 1.83. The van der Waals surface area contributed by atoms with E-state index in [-0.39, 0.29) is 5.75 Å². The van der Waals surface area contributed by atoms with E-state index in [9.17, 15) is 8.42 Å². The minimum Gasteiger partial charge on any atom is -0.399 e. The summed E-state index contributed by atoms with van der Waals surface area (Å²) < 4.78 is 25.1. The van der Waals surface area contributed by atoms with Crippen LogP contribution < -0.4 is 5.73 Å². The summed E-state index contributed by atoms with van der Waals surface area (Å²) in [6, 6.07) is 7.29. The van der Waals surface area contributed by atoms with Crippen LogP contribution in [-0.4, -0.2) is 25.5 Å². The van der Waals surface area contributed by atoms with E-state index < -0.39 is 10.0 Å². The average Bonchev–Trinajstić information content (AvgIpc) is 2.26. The van der Waals surface area contributed by atoms with Gasteiger partial charge in [-0.2, -0.15) is 0 Å². The third kappa shape index (κ3) is 4.36. The molecule has 2 N–H and O–H groups in total. The number of nitrogen functional groups attached to an aromatic ring is 1. The van der Waals surface area contributed by atoms with Crippen LogP contribution in [0.1, 0.15) is 25.3 Å². The first kappa shape index (κ1) is 14.0. The zero-order valence-corrected chi connectivity index (χ0v) is 11.2. The van der Waals surface area contributed by atoms with E-state index in [1.165, 1.54) is 4.31 Å². The molecule has 96 valence electrons. The number of hydrogen-bond donors (Lipinski definition) is 1. The zero-order chi connectivity index (χ0) is 12.9. The lowest BCUT2D eigenvalue weighted by atomic mass is 10.2. The lowest BCUT2D eigenvalue weighted by molar-refractivity contribution is 0.465. The van der Waals surface area contributed by atoms with Crippen molar-refractivity contribution < 1.29 is 8.42 Å². The quantitative estimate of drug-likeness (QED) is 0.790.